The fraction of sp³-hybridized carbons (Fsp3) is 0.526. The second kappa shape index (κ2) is 6.04. The number of carbonyl (C=O) groups excluding carboxylic acids is 2. The third-order valence-electron chi connectivity index (χ3n) is 5.04. The van der Waals surface area contributed by atoms with Gasteiger partial charge >= 0.3 is 0 Å². The molecule has 2 heterocycles. The molecular weight excluding hydrogens is 302 g/mol. The van der Waals surface area contributed by atoms with Crippen molar-refractivity contribution in [3.05, 3.63) is 40.7 Å². The first-order valence-electron chi connectivity index (χ1n) is 8.94. The number of allylic oxidation sites excluding steroid dienone is 1. The Kier molecular flexibility index (Phi) is 3.87. The van der Waals surface area contributed by atoms with E-state index in [0.29, 0.717) is 24.7 Å². The standard InChI is InChI=1S/C19H23N3O2/c1-2-15-9-14(12-3-4-12)10-17(20-15)19(24)22-8-7-16(11-22)21-18(23)13-5-6-13/h5,9-10,12,16H,2-4,6-8,11H2,1H3,(H,21,23). The first-order valence-corrected chi connectivity index (χ1v) is 8.94. The summed E-state index contributed by atoms with van der Waals surface area (Å²) in [6, 6.07) is 4.17. The van der Waals surface area contributed by atoms with Gasteiger partial charge in [0.2, 0.25) is 5.91 Å². The normalized spacial score (nSPS) is 22.3. The maximum absolute atomic E-state index is 12.8. The van der Waals surface area contributed by atoms with Crippen LogP contribution < -0.4 is 5.32 Å². The van der Waals surface area contributed by atoms with E-state index < -0.39 is 0 Å². The Balaban J connectivity index is 1.44. The number of hydrogen-bond acceptors (Lipinski definition) is 3. The van der Waals surface area contributed by atoms with Gasteiger partial charge in [0.05, 0.1) is 0 Å². The van der Waals surface area contributed by atoms with Gasteiger partial charge in [0.1, 0.15) is 5.69 Å². The predicted molar refractivity (Wildman–Crippen MR) is 90.7 cm³/mol. The van der Waals surface area contributed by atoms with Crippen molar-refractivity contribution in [1.82, 2.24) is 15.2 Å². The molecule has 3 aliphatic rings. The van der Waals surface area contributed by atoms with Crippen LogP contribution in [-0.4, -0.2) is 40.8 Å². The highest BCUT2D eigenvalue weighted by atomic mass is 16.2. The number of amides is 2. The van der Waals surface area contributed by atoms with Crippen molar-refractivity contribution >= 4 is 11.8 Å². The summed E-state index contributed by atoms with van der Waals surface area (Å²) in [4.78, 5) is 31.0. The molecule has 5 nitrogen and oxygen atoms in total. The summed E-state index contributed by atoms with van der Waals surface area (Å²) in [5.74, 6) is 0.633. The Morgan fingerprint density at radius 2 is 2.08 bits per heavy atom. The molecular formula is C19H23N3O2. The summed E-state index contributed by atoms with van der Waals surface area (Å²) >= 11 is 0. The van der Waals surface area contributed by atoms with Crippen molar-refractivity contribution in [2.75, 3.05) is 13.1 Å². The summed E-state index contributed by atoms with van der Waals surface area (Å²) in [7, 11) is 0. The number of pyridine rings is 1. The fourth-order valence-electron chi connectivity index (χ4n) is 3.29. The summed E-state index contributed by atoms with van der Waals surface area (Å²) < 4.78 is 0. The molecule has 1 unspecified atom stereocenters. The predicted octanol–water partition coefficient (Wildman–Crippen LogP) is 2.18. The Morgan fingerprint density at radius 1 is 1.29 bits per heavy atom. The molecule has 126 valence electrons. The van der Waals surface area contributed by atoms with Gasteiger partial charge < -0.3 is 10.2 Å². The van der Waals surface area contributed by atoms with Crippen LogP contribution in [0.5, 0.6) is 0 Å². The molecule has 0 radical (unpaired) electrons. The van der Waals surface area contributed by atoms with Gasteiger partial charge in [-0.2, -0.15) is 0 Å². The minimum atomic E-state index is -0.00501. The average Bonchev–Trinajstić information content (AvgIpc) is 3.51. The quantitative estimate of drug-likeness (QED) is 0.902. The van der Waals surface area contributed by atoms with Crippen molar-refractivity contribution in [1.29, 1.82) is 0 Å². The molecule has 2 aliphatic carbocycles. The van der Waals surface area contributed by atoms with Crippen molar-refractivity contribution in [2.24, 2.45) is 0 Å². The van der Waals surface area contributed by atoms with Crippen LogP contribution in [0, 0.1) is 0 Å². The van der Waals surface area contributed by atoms with E-state index in [1.54, 1.807) is 0 Å². The SMILES string of the molecule is CCc1cc(C2CC2)cc(C(=O)N2CCC(NC(=O)C3=CC3)C2)n1. The number of nitrogens with one attached hydrogen (secondary N) is 1. The smallest absolute Gasteiger partial charge is 0.272 e. The van der Waals surface area contributed by atoms with Gasteiger partial charge in [0.15, 0.2) is 0 Å². The molecule has 5 heteroatoms. The van der Waals surface area contributed by atoms with E-state index in [4.69, 9.17) is 0 Å². The lowest BCUT2D eigenvalue weighted by Crippen LogP contribution is -2.38. The van der Waals surface area contributed by atoms with Crippen LogP contribution in [0.25, 0.3) is 0 Å². The van der Waals surface area contributed by atoms with Crippen LogP contribution in [0.3, 0.4) is 0 Å². The molecule has 0 aromatic carbocycles. The molecule has 0 spiro atoms. The molecule has 1 aliphatic heterocycles. The first-order chi connectivity index (χ1) is 11.6. The van der Waals surface area contributed by atoms with Gasteiger partial charge in [-0.15, -0.1) is 0 Å². The summed E-state index contributed by atoms with van der Waals surface area (Å²) in [6.07, 6.45) is 6.82. The Morgan fingerprint density at radius 3 is 2.75 bits per heavy atom. The second-order valence-corrected chi connectivity index (χ2v) is 7.05. The zero-order valence-corrected chi connectivity index (χ0v) is 14.0. The van der Waals surface area contributed by atoms with E-state index in [0.717, 1.165) is 30.5 Å². The number of aryl methyl sites for hydroxylation is 1. The van der Waals surface area contributed by atoms with Crippen LogP contribution in [0.1, 0.15) is 60.3 Å². The monoisotopic (exact) mass is 325 g/mol. The van der Waals surface area contributed by atoms with Crippen LogP contribution in [0.2, 0.25) is 0 Å². The summed E-state index contributed by atoms with van der Waals surface area (Å²) in [5, 5.41) is 3.02. The maximum atomic E-state index is 12.8. The van der Waals surface area contributed by atoms with Crippen molar-refractivity contribution in [3.8, 4) is 0 Å². The van der Waals surface area contributed by atoms with Gasteiger partial charge in [-0.1, -0.05) is 13.0 Å². The number of likely N-dealkylation sites (tertiary alicyclic amines) is 1. The first kappa shape index (κ1) is 15.4. The number of nitrogens with zero attached hydrogens (tertiary/aromatic N) is 2. The molecule has 4 rings (SSSR count). The van der Waals surface area contributed by atoms with E-state index in [2.05, 4.69) is 23.3 Å². The number of aromatic nitrogens is 1. The van der Waals surface area contributed by atoms with E-state index in [1.807, 2.05) is 17.0 Å². The van der Waals surface area contributed by atoms with Crippen molar-refractivity contribution in [3.63, 3.8) is 0 Å². The minimum absolute atomic E-state index is 0.00501. The van der Waals surface area contributed by atoms with Crippen molar-refractivity contribution < 1.29 is 9.59 Å². The van der Waals surface area contributed by atoms with Gasteiger partial charge in [-0.25, -0.2) is 4.98 Å². The van der Waals surface area contributed by atoms with E-state index in [9.17, 15) is 9.59 Å². The van der Waals surface area contributed by atoms with E-state index in [1.165, 1.54) is 18.4 Å². The molecule has 1 saturated carbocycles. The third-order valence-corrected chi connectivity index (χ3v) is 5.04. The van der Waals surface area contributed by atoms with Gasteiger partial charge in [0, 0.05) is 30.4 Å². The zero-order valence-electron chi connectivity index (χ0n) is 14.0. The highest BCUT2D eigenvalue weighted by molar-refractivity contribution is 5.97. The molecule has 1 atom stereocenters. The lowest BCUT2D eigenvalue weighted by molar-refractivity contribution is -0.117. The molecule has 1 aromatic rings. The van der Waals surface area contributed by atoms with Crippen LogP contribution >= 0.6 is 0 Å². The lowest BCUT2D eigenvalue weighted by Gasteiger charge is -2.17. The van der Waals surface area contributed by atoms with Crippen LogP contribution in [0.4, 0.5) is 0 Å². The highest BCUT2D eigenvalue weighted by Gasteiger charge is 2.31. The lowest BCUT2D eigenvalue weighted by atomic mass is 10.1. The Bertz CT molecular complexity index is 721. The molecule has 24 heavy (non-hydrogen) atoms. The molecule has 1 aromatic heterocycles. The minimum Gasteiger partial charge on any atom is -0.348 e. The zero-order chi connectivity index (χ0) is 16.7. The largest absolute Gasteiger partial charge is 0.348 e. The van der Waals surface area contributed by atoms with Gasteiger partial charge in [-0.3, -0.25) is 9.59 Å². The van der Waals surface area contributed by atoms with Crippen LogP contribution in [0.15, 0.2) is 23.8 Å². The molecule has 2 amide bonds. The fourth-order valence-corrected chi connectivity index (χ4v) is 3.29. The summed E-state index contributed by atoms with van der Waals surface area (Å²) in [6.45, 7) is 3.33. The Hall–Kier alpha value is -2.17. The van der Waals surface area contributed by atoms with Crippen LogP contribution in [-0.2, 0) is 11.2 Å². The third kappa shape index (κ3) is 3.21. The number of rotatable bonds is 5. The Labute approximate surface area is 142 Å². The van der Waals surface area contributed by atoms with E-state index >= 15 is 0 Å². The van der Waals surface area contributed by atoms with Gasteiger partial charge in [-0.05, 0) is 55.7 Å². The number of hydrogen-bond donors (Lipinski definition) is 1. The number of carbonyl (C=O) groups is 2. The summed E-state index contributed by atoms with van der Waals surface area (Å²) in [5.41, 5.74) is 3.68. The maximum Gasteiger partial charge on any atom is 0.272 e. The van der Waals surface area contributed by atoms with Crippen molar-refractivity contribution in [2.45, 2.75) is 51.0 Å². The van der Waals surface area contributed by atoms with E-state index in [-0.39, 0.29) is 17.9 Å². The topological polar surface area (TPSA) is 62.3 Å². The second-order valence-electron chi connectivity index (χ2n) is 7.05. The molecule has 2 fully saturated rings. The van der Waals surface area contributed by atoms with Gasteiger partial charge in [0.25, 0.3) is 5.91 Å². The molecule has 0 bridgehead atoms. The molecule has 1 N–H and O–H groups in total. The average molecular weight is 325 g/mol. The molecule has 1 saturated heterocycles. The highest BCUT2D eigenvalue weighted by Crippen LogP contribution is 2.40.